The third-order valence-electron chi connectivity index (χ3n) is 5.63. The van der Waals surface area contributed by atoms with Gasteiger partial charge in [-0.3, -0.25) is 4.79 Å². The van der Waals surface area contributed by atoms with Crippen molar-refractivity contribution in [3.63, 3.8) is 0 Å². The third kappa shape index (κ3) is 4.36. The van der Waals surface area contributed by atoms with E-state index in [4.69, 9.17) is 4.74 Å². The van der Waals surface area contributed by atoms with Crippen molar-refractivity contribution in [1.29, 1.82) is 0 Å². The molecule has 1 amide bonds. The molecule has 2 heterocycles. The number of rotatable bonds is 5. The summed E-state index contributed by atoms with van der Waals surface area (Å²) >= 11 is 0. The molecule has 0 aliphatic carbocycles. The predicted molar refractivity (Wildman–Crippen MR) is 126 cm³/mol. The normalized spacial score (nSPS) is 15.3. The summed E-state index contributed by atoms with van der Waals surface area (Å²) in [6, 6.07) is 28.7. The van der Waals surface area contributed by atoms with E-state index in [1.54, 1.807) is 18.2 Å². The maximum absolute atomic E-state index is 13.1. The Kier molecular flexibility index (Phi) is 5.64. The Bertz CT molecular complexity index is 1340. The van der Waals surface area contributed by atoms with Crippen LogP contribution in [0.1, 0.15) is 34.1 Å². The smallest absolute Gasteiger partial charge is 0.357 e. The number of amides is 1. The highest BCUT2D eigenvalue weighted by Crippen LogP contribution is 2.33. The largest absolute Gasteiger partial charge is 0.451 e. The number of benzene rings is 3. The van der Waals surface area contributed by atoms with Crippen LogP contribution in [0.2, 0.25) is 0 Å². The number of esters is 1. The summed E-state index contributed by atoms with van der Waals surface area (Å²) in [6.07, 6.45) is 2.08. The summed E-state index contributed by atoms with van der Waals surface area (Å²) in [5, 5.41) is 8.36. The molecule has 1 aliphatic rings. The number of hydrazone groups is 1. The van der Waals surface area contributed by atoms with Crippen molar-refractivity contribution >= 4 is 28.4 Å². The van der Waals surface area contributed by atoms with E-state index in [1.807, 2.05) is 48.5 Å². The van der Waals surface area contributed by atoms with Crippen LogP contribution in [0.25, 0.3) is 10.8 Å². The highest BCUT2D eigenvalue weighted by molar-refractivity contribution is 6.05. The Morgan fingerprint density at radius 2 is 1.64 bits per heavy atom. The molecule has 5 rings (SSSR count). The highest BCUT2D eigenvalue weighted by atomic mass is 16.5. The van der Waals surface area contributed by atoms with Crippen LogP contribution in [0.5, 0.6) is 0 Å². The first-order chi connectivity index (χ1) is 16.2. The molecule has 3 aromatic carbocycles. The molecule has 0 N–H and O–H groups in total. The molecule has 1 atom stereocenters. The molecule has 6 heteroatoms. The van der Waals surface area contributed by atoms with Crippen LogP contribution < -0.4 is 0 Å². The van der Waals surface area contributed by atoms with Gasteiger partial charge in [0, 0.05) is 12.6 Å². The summed E-state index contributed by atoms with van der Waals surface area (Å²) in [4.78, 5) is 29.3. The number of fused-ring (bicyclic) bond motifs is 1. The van der Waals surface area contributed by atoms with Crippen molar-refractivity contribution in [2.45, 2.75) is 12.5 Å². The first-order valence-corrected chi connectivity index (χ1v) is 10.7. The monoisotopic (exact) mass is 435 g/mol. The fourth-order valence-electron chi connectivity index (χ4n) is 3.97. The summed E-state index contributed by atoms with van der Waals surface area (Å²) in [5.41, 5.74) is 2.92. The van der Waals surface area contributed by atoms with Gasteiger partial charge in [0.1, 0.15) is 5.69 Å². The van der Waals surface area contributed by atoms with E-state index in [0.717, 1.165) is 27.6 Å². The van der Waals surface area contributed by atoms with E-state index in [1.165, 1.54) is 11.2 Å². The average molecular weight is 435 g/mol. The standard InChI is InChI=1S/C27H21N3O3/c31-26(18-33-27(32)23-12-6-7-15-28-23)30-25(20-9-2-1-3-10-20)17-24(29-30)22-14-13-19-8-4-5-11-21(19)16-22/h1-16,25H,17-18H2. The van der Waals surface area contributed by atoms with Gasteiger partial charge in [-0.25, -0.2) is 14.8 Å². The summed E-state index contributed by atoms with van der Waals surface area (Å²) in [5.74, 6) is -1.03. The molecule has 1 aliphatic heterocycles. The Morgan fingerprint density at radius 1 is 0.879 bits per heavy atom. The Hall–Kier alpha value is -4.32. The van der Waals surface area contributed by atoms with Crippen LogP contribution in [0, 0.1) is 0 Å². The molecule has 0 spiro atoms. The van der Waals surface area contributed by atoms with Crippen LogP contribution in [0.4, 0.5) is 0 Å². The molecule has 6 nitrogen and oxygen atoms in total. The second kappa shape index (κ2) is 9.04. The molecule has 1 unspecified atom stereocenters. The lowest BCUT2D eigenvalue weighted by Gasteiger charge is -2.21. The van der Waals surface area contributed by atoms with Crippen molar-refractivity contribution in [3.8, 4) is 0 Å². The maximum atomic E-state index is 13.1. The maximum Gasteiger partial charge on any atom is 0.357 e. The minimum absolute atomic E-state index is 0.159. The molecule has 0 radical (unpaired) electrons. The van der Waals surface area contributed by atoms with E-state index in [9.17, 15) is 9.59 Å². The third-order valence-corrected chi connectivity index (χ3v) is 5.63. The Labute approximate surface area is 191 Å². The van der Waals surface area contributed by atoms with Crippen LogP contribution >= 0.6 is 0 Å². The molecular weight excluding hydrogens is 414 g/mol. The summed E-state index contributed by atoms with van der Waals surface area (Å²) < 4.78 is 5.22. The van der Waals surface area contributed by atoms with Crippen molar-refractivity contribution < 1.29 is 14.3 Å². The number of carbonyl (C=O) groups is 2. The number of aromatic nitrogens is 1. The van der Waals surface area contributed by atoms with Gasteiger partial charge in [0.15, 0.2) is 6.61 Å². The number of nitrogens with zero attached hydrogens (tertiary/aromatic N) is 3. The fraction of sp³-hybridized carbons (Fsp3) is 0.111. The van der Waals surface area contributed by atoms with E-state index in [-0.39, 0.29) is 17.6 Å². The number of ether oxygens (including phenoxy) is 1. The molecule has 4 aromatic rings. The zero-order valence-corrected chi connectivity index (χ0v) is 17.8. The quantitative estimate of drug-likeness (QED) is 0.424. The fourth-order valence-corrected chi connectivity index (χ4v) is 3.97. The zero-order valence-electron chi connectivity index (χ0n) is 17.8. The van der Waals surface area contributed by atoms with E-state index < -0.39 is 12.6 Å². The number of hydrogen-bond acceptors (Lipinski definition) is 5. The van der Waals surface area contributed by atoms with Gasteiger partial charge in [-0.1, -0.05) is 72.8 Å². The summed E-state index contributed by atoms with van der Waals surface area (Å²) in [6.45, 7) is -0.409. The first kappa shape index (κ1) is 20.6. The average Bonchev–Trinajstić information content (AvgIpc) is 3.33. The van der Waals surface area contributed by atoms with Crippen LogP contribution in [0.15, 0.2) is 102 Å². The van der Waals surface area contributed by atoms with Gasteiger partial charge < -0.3 is 4.74 Å². The minimum Gasteiger partial charge on any atom is -0.451 e. The molecule has 0 fully saturated rings. The van der Waals surface area contributed by atoms with E-state index >= 15 is 0 Å². The van der Waals surface area contributed by atoms with Crippen LogP contribution in [0.3, 0.4) is 0 Å². The predicted octanol–water partition coefficient (Wildman–Crippen LogP) is 4.77. The van der Waals surface area contributed by atoms with Gasteiger partial charge in [-0.15, -0.1) is 0 Å². The lowest BCUT2D eigenvalue weighted by molar-refractivity contribution is -0.136. The zero-order chi connectivity index (χ0) is 22.6. The van der Waals surface area contributed by atoms with Crippen molar-refractivity contribution in [1.82, 2.24) is 9.99 Å². The van der Waals surface area contributed by atoms with E-state index in [0.29, 0.717) is 6.42 Å². The molecular formula is C27H21N3O3. The van der Waals surface area contributed by atoms with Crippen LogP contribution in [-0.4, -0.2) is 34.2 Å². The molecule has 0 bridgehead atoms. The SMILES string of the molecule is O=C(OCC(=O)N1N=C(c2ccc3ccccc3c2)CC1c1ccccc1)c1ccccn1. The van der Waals surface area contributed by atoms with Gasteiger partial charge in [0.2, 0.25) is 0 Å². The Morgan fingerprint density at radius 3 is 2.42 bits per heavy atom. The van der Waals surface area contributed by atoms with Gasteiger partial charge in [-0.05, 0) is 40.1 Å². The van der Waals surface area contributed by atoms with Crippen LogP contribution in [-0.2, 0) is 9.53 Å². The highest BCUT2D eigenvalue weighted by Gasteiger charge is 2.33. The summed E-state index contributed by atoms with van der Waals surface area (Å²) in [7, 11) is 0. The lowest BCUT2D eigenvalue weighted by atomic mass is 9.97. The number of hydrogen-bond donors (Lipinski definition) is 0. The lowest BCUT2D eigenvalue weighted by Crippen LogP contribution is -2.31. The molecule has 33 heavy (non-hydrogen) atoms. The topological polar surface area (TPSA) is 71.9 Å². The first-order valence-electron chi connectivity index (χ1n) is 10.7. The van der Waals surface area contributed by atoms with Crippen molar-refractivity contribution in [2.75, 3.05) is 6.61 Å². The van der Waals surface area contributed by atoms with Gasteiger partial charge in [0.05, 0.1) is 11.8 Å². The molecule has 162 valence electrons. The molecule has 0 saturated carbocycles. The molecule has 1 aromatic heterocycles. The van der Waals surface area contributed by atoms with E-state index in [2.05, 4.69) is 34.4 Å². The number of pyridine rings is 1. The Balaban J connectivity index is 1.40. The van der Waals surface area contributed by atoms with Crippen molar-refractivity contribution in [3.05, 3.63) is 114 Å². The second-order valence-corrected chi connectivity index (χ2v) is 7.77. The molecule has 0 saturated heterocycles. The number of carbonyl (C=O) groups excluding carboxylic acids is 2. The van der Waals surface area contributed by atoms with Gasteiger partial charge in [-0.2, -0.15) is 5.10 Å². The van der Waals surface area contributed by atoms with Gasteiger partial charge in [0.25, 0.3) is 5.91 Å². The van der Waals surface area contributed by atoms with Gasteiger partial charge >= 0.3 is 5.97 Å². The minimum atomic E-state index is -0.641. The second-order valence-electron chi connectivity index (χ2n) is 7.77. The van der Waals surface area contributed by atoms with Crippen molar-refractivity contribution in [2.24, 2.45) is 5.10 Å².